The molecule has 1 aromatic carbocycles. The molecule has 1 saturated heterocycles. The Morgan fingerprint density at radius 1 is 1.53 bits per heavy atom. The predicted octanol–water partition coefficient (Wildman–Crippen LogP) is 3.06. The summed E-state index contributed by atoms with van der Waals surface area (Å²) in [6.45, 7) is 0.471. The molecule has 1 fully saturated rings. The second-order valence-corrected chi connectivity index (χ2v) is 5.73. The van der Waals surface area contributed by atoms with Crippen molar-refractivity contribution >= 4 is 27.7 Å². The summed E-state index contributed by atoms with van der Waals surface area (Å²) in [5, 5.41) is 0. The molecule has 0 aliphatic carbocycles. The topological polar surface area (TPSA) is 35.2 Å². The molecule has 1 atom stereocenters. The average molecular weight is 288 g/mol. The van der Waals surface area contributed by atoms with Crippen LogP contribution in [0.25, 0.3) is 0 Å². The smallest absolute Gasteiger partial charge is 0.0930 e. The van der Waals surface area contributed by atoms with Crippen molar-refractivity contribution in [1.29, 1.82) is 0 Å². The SMILES string of the molecule is NOCc1ccc(C2CCSC2)c(Br)c1. The third-order valence-corrected chi connectivity index (χ3v) is 4.53. The Kier molecular flexibility index (Phi) is 4.08. The number of hydrogen-bond acceptors (Lipinski definition) is 3. The Morgan fingerprint density at radius 3 is 3.00 bits per heavy atom. The van der Waals surface area contributed by atoms with E-state index < -0.39 is 0 Å². The van der Waals surface area contributed by atoms with Gasteiger partial charge in [-0.3, -0.25) is 4.84 Å². The highest BCUT2D eigenvalue weighted by molar-refractivity contribution is 9.10. The van der Waals surface area contributed by atoms with Crippen molar-refractivity contribution < 1.29 is 4.84 Å². The summed E-state index contributed by atoms with van der Waals surface area (Å²) in [5.74, 6) is 8.28. The van der Waals surface area contributed by atoms with Crippen LogP contribution in [0.2, 0.25) is 0 Å². The fourth-order valence-electron chi connectivity index (χ4n) is 1.87. The van der Waals surface area contributed by atoms with Crippen molar-refractivity contribution in [2.75, 3.05) is 11.5 Å². The van der Waals surface area contributed by atoms with Gasteiger partial charge in [-0.2, -0.15) is 11.8 Å². The number of rotatable bonds is 3. The minimum absolute atomic E-state index is 0.471. The summed E-state index contributed by atoms with van der Waals surface area (Å²) < 4.78 is 1.18. The third-order valence-electron chi connectivity index (χ3n) is 2.68. The first-order valence-corrected chi connectivity index (χ1v) is 6.94. The van der Waals surface area contributed by atoms with Crippen molar-refractivity contribution in [1.82, 2.24) is 0 Å². The zero-order valence-electron chi connectivity index (χ0n) is 8.41. The van der Waals surface area contributed by atoms with Gasteiger partial charge in [0.2, 0.25) is 0 Å². The zero-order valence-corrected chi connectivity index (χ0v) is 10.8. The molecular weight excluding hydrogens is 274 g/mol. The summed E-state index contributed by atoms with van der Waals surface area (Å²) in [6.07, 6.45) is 1.29. The van der Waals surface area contributed by atoms with E-state index in [0.717, 1.165) is 5.56 Å². The Morgan fingerprint density at radius 2 is 2.40 bits per heavy atom. The van der Waals surface area contributed by atoms with Gasteiger partial charge in [0.05, 0.1) is 6.61 Å². The lowest BCUT2D eigenvalue weighted by molar-refractivity contribution is 0.124. The van der Waals surface area contributed by atoms with Crippen LogP contribution in [0.1, 0.15) is 23.5 Å². The van der Waals surface area contributed by atoms with Crippen molar-refractivity contribution in [3.8, 4) is 0 Å². The summed E-state index contributed by atoms with van der Waals surface area (Å²) >= 11 is 5.66. The highest BCUT2D eigenvalue weighted by Gasteiger charge is 2.19. The number of benzene rings is 1. The molecule has 1 unspecified atom stereocenters. The standard InChI is InChI=1S/C11H14BrNOS/c12-11-5-8(6-14-13)1-2-10(11)9-3-4-15-7-9/h1-2,5,9H,3-4,6-7,13H2. The Hall–Kier alpha value is -0.0300. The Labute approximate surface area is 103 Å². The predicted molar refractivity (Wildman–Crippen MR) is 67.8 cm³/mol. The van der Waals surface area contributed by atoms with Gasteiger partial charge >= 0.3 is 0 Å². The van der Waals surface area contributed by atoms with Gasteiger partial charge in [0, 0.05) is 10.2 Å². The molecule has 0 spiro atoms. The third kappa shape index (κ3) is 2.75. The first-order valence-electron chi connectivity index (χ1n) is 4.99. The molecule has 15 heavy (non-hydrogen) atoms. The molecule has 1 aromatic rings. The van der Waals surface area contributed by atoms with E-state index in [9.17, 15) is 0 Å². The molecule has 0 radical (unpaired) electrons. The first kappa shape index (κ1) is 11.5. The second kappa shape index (κ2) is 5.34. The van der Waals surface area contributed by atoms with E-state index in [1.165, 1.54) is 28.0 Å². The molecule has 2 rings (SSSR count). The van der Waals surface area contributed by atoms with E-state index in [4.69, 9.17) is 5.90 Å². The van der Waals surface area contributed by atoms with Gasteiger partial charge in [0.25, 0.3) is 0 Å². The number of halogens is 1. The summed E-state index contributed by atoms with van der Waals surface area (Å²) in [7, 11) is 0. The molecule has 0 saturated carbocycles. The zero-order chi connectivity index (χ0) is 10.7. The van der Waals surface area contributed by atoms with Crippen LogP contribution in [0.3, 0.4) is 0 Å². The maximum Gasteiger partial charge on any atom is 0.0930 e. The minimum Gasteiger partial charge on any atom is -0.300 e. The highest BCUT2D eigenvalue weighted by atomic mass is 79.9. The fraction of sp³-hybridized carbons (Fsp3) is 0.455. The van der Waals surface area contributed by atoms with Crippen molar-refractivity contribution in [3.05, 3.63) is 33.8 Å². The van der Waals surface area contributed by atoms with Gasteiger partial charge in [0.1, 0.15) is 0 Å². The van der Waals surface area contributed by atoms with Crippen LogP contribution in [0.5, 0.6) is 0 Å². The molecule has 1 heterocycles. The molecular formula is C11H14BrNOS. The molecule has 1 aliphatic rings. The molecule has 82 valence electrons. The van der Waals surface area contributed by atoms with Crippen molar-refractivity contribution in [2.45, 2.75) is 18.9 Å². The maximum absolute atomic E-state index is 5.05. The first-order chi connectivity index (χ1) is 7.31. The molecule has 0 aromatic heterocycles. The molecule has 0 amide bonds. The summed E-state index contributed by atoms with van der Waals surface area (Å²) in [4.78, 5) is 4.62. The number of nitrogens with two attached hydrogens (primary N) is 1. The van der Waals surface area contributed by atoms with Crippen LogP contribution in [0, 0.1) is 0 Å². The van der Waals surface area contributed by atoms with Gasteiger partial charge in [-0.05, 0) is 35.3 Å². The lowest BCUT2D eigenvalue weighted by Crippen LogP contribution is -2.01. The lowest BCUT2D eigenvalue weighted by atomic mass is 9.98. The van der Waals surface area contributed by atoms with Crippen LogP contribution in [0.15, 0.2) is 22.7 Å². The normalized spacial score (nSPS) is 20.8. The fourth-order valence-corrected chi connectivity index (χ4v) is 3.87. The van der Waals surface area contributed by atoms with E-state index in [2.05, 4.69) is 39.0 Å². The number of hydrogen-bond donors (Lipinski definition) is 1. The molecule has 2 N–H and O–H groups in total. The minimum atomic E-state index is 0.471. The quantitative estimate of drug-likeness (QED) is 0.868. The van der Waals surface area contributed by atoms with E-state index in [0.29, 0.717) is 12.5 Å². The van der Waals surface area contributed by atoms with E-state index in [-0.39, 0.29) is 0 Å². The molecule has 0 bridgehead atoms. The van der Waals surface area contributed by atoms with Gasteiger partial charge in [-0.15, -0.1) is 0 Å². The average Bonchev–Trinajstić information content (AvgIpc) is 2.71. The van der Waals surface area contributed by atoms with Gasteiger partial charge < -0.3 is 0 Å². The van der Waals surface area contributed by atoms with E-state index in [1.54, 1.807) is 0 Å². The van der Waals surface area contributed by atoms with E-state index >= 15 is 0 Å². The molecule has 4 heteroatoms. The van der Waals surface area contributed by atoms with Crippen LogP contribution >= 0.6 is 27.7 Å². The van der Waals surface area contributed by atoms with Crippen LogP contribution in [-0.2, 0) is 11.4 Å². The molecule has 1 aliphatic heterocycles. The maximum atomic E-state index is 5.05. The lowest BCUT2D eigenvalue weighted by Gasteiger charge is -2.12. The summed E-state index contributed by atoms with van der Waals surface area (Å²) in [5.41, 5.74) is 2.53. The van der Waals surface area contributed by atoms with Gasteiger partial charge in [-0.25, -0.2) is 5.90 Å². The van der Waals surface area contributed by atoms with Crippen LogP contribution < -0.4 is 5.90 Å². The monoisotopic (exact) mass is 287 g/mol. The second-order valence-electron chi connectivity index (χ2n) is 3.73. The number of thioether (sulfide) groups is 1. The highest BCUT2D eigenvalue weighted by Crippen LogP contribution is 2.36. The Balaban J connectivity index is 2.18. The van der Waals surface area contributed by atoms with Crippen molar-refractivity contribution in [3.63, 3.8) is 0 Å². The summed E-state index contributed by atoms with van der Waals surface area (Å²) in [6, 6.07) is 6.39. The van der Waals surface area contributed by atoms with Crippen LogP contribution in [-0.4, -0.2) is 11.5 Å². The Bertz CT molecular complexity index is 339. The van der Waals surface area contributed by atoms with Crippen LogP contribution in [0.4, 0.5) is 0 Å². The molecule has 2 nitrogen and oxygen atoms in total. The van der Waals surface area contributed by atoms with Crippen molar-refractivity contribution in [2.24, 2.45) is 5.90 Å². The van der Waals surface area contributed by atoms with E-state index in [1.807, 2.05) is 11.8 Å². The van der Waals surface area contributed by atoms with Gasteiger partial charge in [-0.1, -0.05) is 28.1 Å². The van der Waals surface area contributed by atoms with Gasteiger partial charge in [0.15, 0.2) is 0 Å². The largest absolute Gasteiger partial charge is 0.300 e.